The summed E-state index contributed by atoms with van der Waals surface area (Å²) < 4.78 is 13.3. The minimum atomic E-state index is -0.170. The van der Waals surface area contributed by atoms with Crippen LogP contribution in [0.2, 0.25) is 0 Å². The summed E-state index contributed by atoms with van der Waals surface area (Å²) in [4.78, 5) is 12.8. The van der Waals surface area contributed by atoms with Gasteiger partial charge in [0.15, 0.2) is 11.5 Å². The van der Waals surface area contributed by atoms with Crippen molar-refractivity contribution in [2.45, 2.75) is 47.2 Å². The van der Waals surface area contributed by atoms with E-state index in [1.54, 1.807) is 0 Å². The van der Waals surface area contributed by atoms with Gasteiger partial charge in [-0.3, -0.25) is 9.48 Å². The van der Waals surface area contributed by atoms with Crippen LogP contribution in [0, 0.1) is 13.8 Å². The molecule has 0 aliphatic heterocycles. The van der Waals surface area contributed by atoms with Gasteiger partial charge in [-0.15, -0.1) is 0 Å². The van der Waals surface area contributed by atoms with E-state index in [0.29, 0.717) is 36.8 Å². The van der Waals surface area contributed by atoms with Crippen LogP contribution < -0.4 is 14.8 Å². The normalized spacial score (nSPS) is 11.8. The molecule has 6 heteroatoms. The molecule has 0 bridgehead atoms. The zero-order chi connectivity index (χ0) is 22.4. The second kappa shape index (κ2) is 10.2. The summed E-state index contributed by atoms with van der Waals surface area (Å²) in [7, 11) is 0. The first kappa shape index (κ1) is 22.4. The zero-order valence-corrected chi connectivity index (χ0v) is 18.9. The highest BCUT2D eigenvalue weighted by Gasteiger charge is 2.14. The smallest absolute Gasteiger partial charge is 0.251 e. The van der Waals surface area contributed by atoms with E-state index in [2.05, 4.69) is 16.5 Å². The first-order valence-electron chi connectivity index (χ1n) is 10.7. The van der Waals surface area contributed by atoms with Gasteiger partial charge in [0.1, 0.15) is 0 Å². The number of carbonyl (C=O) groups excluding carboxylic acids is 1. The first-order valence-corrected chi connectivity index (χ1v) is 10.7. The van der Waals surface area contributed by atoms with Crippen LogP contribution in [0.3, 0.4) is 0 Å². The maximum absolute atomic E-state index is 12.8. The Morgan fingerprint density at radius 1 is 1.00 bits per heavy atom. The van der Waals surface area contributed by atoms with Gasteiger partial charge in [-0.25, -0.2) is 0 Å². The number of amides is 1. The third-order valence-corrected chi connectivity index (χ3v) is 5.07. The molecule has 1 atom stereocenters. The Hall–Kier alpha value is -3.28. The van der Waals surface area contributed by atoms with Gasteiger partial charge in [-0.05, 0) is 76.1 Å². The van der Waals surface area contributed by atoms with E-state index in [1.807, 2.05) is 81.8 Å². The molecular formula is C25H31N3O3. The fourth-order valence-electron chi connectivity index (χ4n) is 3.47. The van der Waals surface area contributed by atoms with Gasteiger partial charge < -0.3 is 14.8 Å². The number of rotatable bonds is 9. The predicted octanol–water partition coefficient (Wildman–Crippen LogP) is 4.84. The number of hydrogen-bond acceptors (Lipinski definition) is 4. The fraction of sp³-hybridized carbons (Fsp3) is 0.360. The monoisotopic (exact) mass is 421 g/mol. The fourth-order valence-corrected chi connectivity index (χ4v) is 3.47. The van der Waals surface area contributed by atoms with Crippen LogP contribution in [0.5, 0.6) is 11.5 Å². The second-order valence-electron chi connectivity index (χ2n) is 7.55. The maximum atomic E-state index is 12.8. The number of aryl methyl sites for hydroxylation is 2. The van der Waals surface area contributed by atoms with E-state index in [1.165, 1.54) is 0 Å². The van der Waals surface area contributed by atoms with Crippen LogP contribution >= 0.6 is 0 Å². The zero-order valence-electron chi connectivity index (χ0n) is 18.9. The molecule has 3 rings (SSSR count). The van der Waals surface area contributed by atoms with E-state index in [0.717, 1.165) is 22.5 Å². The van der Waals surface area contributed by atoms with Crippen molar-refractivity contribution in [3.63, 3.8) is 0 Å². The minimum Gasteiger partial charge on any atom is -0.490 e. The highest BCUT2D eigenvalue weighted by atomic mass is 16.5. The third-order valence-electron chi connectivity index (χ3n) is 5.07. The molecule has 0 unspecified atom stereocenters. The highest BCUT2D eigenvalue weighted by Crippen LogP contribution is 2.30. The van der Waals surface area contributed by atoms with Crippen LogP contribution in [0.25, 0.3) is 0 Å². The molecule has 0 saturated heterocycles. The van der Waals surface area contributed by atoms with E-state index < -0.39 is 0 Å². The Bertz CT molecular complexity index is 1020. The van der Waals surface area contributed by atoms with Crippen molar-refractivity contribution in [1.29, 1.82) is 0 Å². The lowest BCUT2D eigenvalue weighted by molar-refractivity contribution is 0.0940. The average molecular weight is 422 g/mol. The Labute approximate surface area is 184 Å². The molecule has 164 valence electrons. The summed E-state index contributed by atoms with van der Waals surface area (Å²) in [6.45, 7) is 11.7. The summed E-state index contributed by atoms with van der Waals surface area (Å²) in [5.41, 5.74) is 4.81. The molecule has 3 aromatic rings. The second-order valence-corrected chi connectivity index (χ2v) is 7.55. The molecule has 31 heavy (non-hydrogen) atoms. The number of ether oxygens (including phenoxy) is 2. The van der Waals surface area contributed by atoms with Crippen LogP contribution in [0.1, 0.15) is 59.7 Å². The van der Waals surface area contributed by atoms with Crippen molar-refractivity contribution >= 4 is 5.91 Å². The van der Waals surface area contributed by atoms with Crippen LogP contribution in [0.15, 0.2) is 48.5 Å². The largest absolute Gasteiger partial charge is 0.490 e. The quantitative estimate of drug-likeness (QED) is 0.537. The standard InChI is InChI=1S/C25H31N3O3/c1-6-30-23-13-12-22(15-24(23)31-7-2)19(5)26-25(29)21-10-8-20(9-11-21)16-28-18(4)14-17(3)27-28/h8-15,19H,6-7,16H2,1-5H3,(H,26,29)/t19-/m0/s1. The van der Waals surface area contributed by atoms with Gasteiger partial charge in [0.2, 0.25) is 0 Å². The lowest BCUT2D eigenvalue weighted by Crippen LogP contribution is -2.26. The SMILES string of the molecule is CCOc1ccc([C@H](C)NC(=O)c2ccc(Cn3nc(C)cc3C)cc2)cc1OCC. The molecule has 1 N–H and O–H groups in total. The number of benzene rings is 2. The molecule has 1 amide bonds. The number of nitrogens with zero attached hydrogens (tertiary/aromatic N) is 2. The van der Waals surface area contributed by atoms with E-state index in [-0.39, 0.29) is 11.9 Å². The summed E-state index contributed by atoms with van der Waals surface area (Å²) in [6.07, 6.45) is 0. The molecule has 1 aromatic heterocycles. The first-order chi connectivity index (χ1) is 14.9. The molecule has 2 aromatic carbocycles. The topological polar surface area (TPSA) is 65.4 Å². The van der Waals surface area contributed by atoms with Gasteiger partial charge in [0.25, 0.3) is 5.91 Å². The van der Waals surface area contributed by atoms with Crippen LogP contribution in [0.4, 0.5) is 0 Å². The van der Waals surface area contributed by atoms with Crippen LogP contribution in [-0.2, 0) is 6.54 Å². The van der Waals surface area contributed by atoms with E-state index in [9.17, 15) is 4.79 Å². The minimum absolute atomic E-state index is 0.114. The van der Waals surface area contributed by atoms with Crippen molar-refractivity contribution in [1.82, 2.24) is 15.1 Å². The van der Waals surface area contributed by atoms with Crippen molar-refractivity contribution in [2.75, 3.05) is 13.2 Å². The Morgan fingerprint density at radius 3 is 2.29 bits per heavy atom. The van der Waals surface area contributed by atoms with Gasteiger partial charge in [-0.2, -0.15) is 5.10 Å². The molecule has 0 spiro atoms. The number of aromatic nitrogens is 2. The van der Waals surface area contributed by atoms with Gasteiger partial charge in [-0.1, -0.05) is 18.2 Å². The van der Waals surface area contributed by atoms with E-state index >= 15 is 0 Å². The molecule has 0 aliphatic carbocycles. The molecule has 0 fully saturated rings. The van der Waals surface area contributed by atoms with Gasteiger partial charge in [0.05, 0.1) is 31.5 Å². The van der Waals surface area contributed by atoms with Crippen LogP contribution in [-0.4, -0.2) is 28.9 Å². The number of carbonyl (C=O) groups is 1. The molecule has 0 radical (unpaired) electrons. The Balaban J connectivity index is 1.66. The molecule has 6 nitrogen and oxygen atoms in total. The van der Waals surface area contributed by atoms with Crippen molar-refractivity contribution in [3.8, 4) is 11.5 Å². The lowest BCUT2D eigenvalue weighted by atomic mass is 10.1. The molecule has 0 aliphatic rings. The summed E-state index contributed by atoms with van der Waals surface area (Å²) in [5.74, 6) is 1.29. The Morgan fingerprint density at radius 2 is 1.68 bits per heavy atom. The summed E-state index contributed by atoms with van der Waals surface area (Å²) in [5, 5.41) is 7.55. The molecular weight excluding hydrogens is 390 g/mol. The van der Waals surface area contributed by atoms with Crippen molar-refractivity contribution in [3.05, 3.63) is 76.6 Å². The van der Waals surface area contributed by atoms with Gasteiger partial charge in [0, 0.05) is 11.3 Å². The Kier molecular flexibility index (Phi) is 7.34. The predicted molar refractivity (Wildman–Crippen MR) is 122 cm³/mol. The maximum Gasteiger partial charge on any atom is 0.251 e. The van der Waals surface area contributed by atoms with Gasteiger partial charge >= 0.3 is 0 Å². The number of hydrogen-bond donors (Lipinski definition) is 1. The average Bonchev–Trinajstić information content (AvgIpc) is 3.06. The summed E-state index contributed by atoms with van der Waals surface area (Å²) >= 11 is 0. The molecule has 0 saturated carbocycles. The summed E-state index contributed by atoms with van der Waals surface area (Å²) in [6, 6.07) is 15.3. The highest BCUT2D eigenvalue weighted by molar-refractivity contribution is 5.94. The van der Waals surface area contributed by atoms with Crippen molar-refractivity contribution in [2.24, 2.45) is 0 Å². The third kappa shape index (κ3) is 5.66. The van der Waals surface area contributed by atoms with E-state index in [4.69, 9.17) is 9.47 Å². The lowest BCUT2D eigenvalue weighted by Gasteiger charge is -2.17. The van der Waals surface area contributed by atoms with Crippen molar-refractivity contribution < 1.29 is 14.3 Å². The number of nitrogens with one attached hydrogen (secondary N) is 1. The molecule has 1 heterocycles.